The lowest BCUT2D eigenvalue weighted by Crippen LogP contribution is -2.25. The maximum absolute atomic E-state index is 4.58. The van der Waals surface area contributed by atoms with Crippen LogP contribution in [0, 0.1) is 5.41 Å². The van der Waals surface area contributed by atoms with Crippen molar-refractivity contribution in [3.05, 3.63) is 12.4 Å². The minimum atomic E-state index is 0.442. The van der Waals surface area contributed by atoms with E-state index in [0.29, 0.717) is 5.41 Å². The summed E-state index contributed by atoms with van der Waals surface area (Å²) in [6, 6.07) is 0. The van der Waals surface area contributed by atoms with Gasteiger partial charge in [0.05, 0.1) is 0 Å². The third kappa shape index (κ3) is 3.20. The van der Waals surface area contributed by atoms with Crippen molar-refractivity contribution in [2.24, 2.45) is 5.41 Å². The Morgan fingerprint density at radius 2 is 2.06 bits per heavy atom. The molecule has 0 saturated heterocycles. The molecule has 0 unspecified atom stereocenters. The van der Waals surface area contributed by atoms with E-state index in [2.05, 4.69) is 22.6 Å². The number of hydrogen-bond acceptors (Lipinski definition) is 3. The summed E-state index contributed by atoms with van der Waals surface area (Å²) in [6.45, 7) is 0. The van der Waals surface area contributed by atoms with E-state index in [1.807, 2.05) is 24.2 Å². The molecule has 2 nitrogen and oxygen atoms in total. The molecule has 16 heavy (non-hydrogen) atoms. The molecule has 1 aliphatic rings. The number of hydrogen-bond donors (Lipinski definition) is 2. The summed E-state index contributed by atoms with van der Waals surface area (Å²) in [5.41, 5.74) is 0.442. The molecule has 4 heteroatoms. The van der Waals surface area contributed by atoms with E-state index < -0.39 is 0 Å². The van der Waals surface area contributed by atoms with Gasteiger partial charge in [-0.15, -0.1) is 0 Å². The number of nitrogens with zero attached hydrogens (tertiary/aromatic N) is 1. The van der Waals surface area contributed by atoms with Crippen molar-refractivity contribution >= 4 is 24.4 Å². The van der Waals surface area contributed by atoms with Gasteiger partial charge in [-0.05, 0) is 24.0 Å². The molecule has 0 spiro atoms. The highest BCUT2D eigenvalue weighted by Gasteiger charge is 2.29. The van der Waals surface area contributed by atoms with Gasteiger partial charge in [0.15, 0.2) is 5.16 Å². The first kappa shape index (κ1) is 12.4. The van der Waals surface area contributed by atoms with Crippen LogP contribution in [0.1, 0.15) is 38.5 Å². The highest BCUT2D eigenvalue weighted by Crippen LogP contribution is 2.39. The zero-order valence-corrected chi connectivity index (χ0v) is 11.3. The Kier molecular flexibility index (Phi) is 4.65. The van der Waals surface area contributed by atoms with E-state index in [1.165, 1.54) is 38.5 Å². The molecule has 0 aliphatic heterocycles. The molecular formula is C12H20N2S2. The van der Waals surface area contributed by atoms with Crippen molar-refractivity contribution in [2.75, 3.05) is 11.5 Å². The molecule has 0 aromatic carbocycles. The van der Waals surface area contributed by atoms with Crippen LogP contribution in [-0.2, 0) is 0 Å². The van der Waals surface area contributed by atoms with E-state index in [1.54, 1.807) is 0 Å². The number of nitrogens with one attached hydrogen (secondary N) is 1. The summed E-state index contributed by atoms with van der Waals surface area (Å²) in [5.74, 6) is 2.17. The molecule has 1 N–H and O–H groups in total. The van der Waals surface area contributed by atoms with E-state index in [-0.39, 0.29) is 0 Å². The molecule has 0 radical (unpaired) electrons. The minimum Gasteiger partial charge on any atom is -0.340 e. The predicted molar refractivity (Wildman–Crippen MR) is 73.3 cm³/mol. The van der Waals surface area contributed by atoms with E-state index in [4.69, 9.17) is 0 Å². The molecule has 0 amide bonds. The van der Waals surface area contributed by atoms with E-state index in [0.717, 1.165) is 16.7 Å². The topological polar surface area (TPSA) is 28.7 Å². The Hall–Kier alpha value is -0.0900. The molecule has 90 valence electrons. The van der Waals surface area contributed by atoms with Crippen molar-refractivity contribution in [3.63, 3.8) is 0 Å². The van der Waals surface area contributed by atoms with Crippen LogP contribution in [0.25, 0.3) is 0 Å². The second-order valence-corrected chi connectivity index (χ2v) is 6.04. The summed E-state index contributed by atoms with van der Waals surface area (Å²) in [7, 11) is 0. The number of aromatic amines is 1. The van der Waals surface area contributed by atoms with Crippen LogP contribution in [-0.4, -0.2) is 21.5 Å². The largest absolute Gasteiger partial charge is 0.340 e. The predicted octanol–water partition coefficient (Wildman–Crippen LogP) is 3.77. The first-order chi connectivity index (χ1) is 7.85. The quantitative estimate of drug-likeness (QED) is 0.488. The molecule has 1 heterocycles. The van der Waals surface area contributed by atoms with Crippen LogP contribution in [0.3, 0.4) is 0 Å². The lowest BCUT2D eigenvalue weighted by atomic mass is 9.84. The Bertz CT molecular complexity index is 290. The van der Waals surface area contributed by atoms with Gasteiger partial charge in [-0.1, -0.05) is 37.4 Å². The third-order valence-electron chi connectivity index (χ3n) is 3.49. The van der Waals surface area contributed by atoms with Crippen molar-refractivity contribution < 1.29 is 0 Å². The Morgan fingerprint density at radius 3 is 2.62 bits per heavy atom. The number of thiol groups is 1. The molecular weight excluding hydrogens is 236 g/mol. The minimum absolute atomic E-state index is 0.442. The Labute approximate surface area is 107 Å². The number of aromatic nitrogens is 2. The van der Waals surface area contributed by atoms with Crippen LogP contribution >= 0.6 is 24.4 Å². The summed E-state index contributed by atoms with van der Waals surface area (Å²) in [4.78, 5) is 7.43. The second-order valence-electron chi connectivity index (χ2n) is 4.76. The fourth-order valence-corrected chi connectivity index (χ4v) is 4.08. The number of rotatable bonds is 4. The van der Waals surface area contributed by atoms with Crippen molar-refractivity contribution in [1.29, 1.82) is 0 Å². The van der Waals surface area contributed by atoms with Crippen LogP contribution in [0.4, 0.5) is 0 Å². The van der Waals surface area contributed by atoms with Crippen LogP contribution in [0.2, 0.25) is 0 Å². The lowest BCUT2D eigenvalue weighted by Gasteiger charge is -2.30. The molecule has 1 aromatic heterocycles. The van der Waals surface area contributed by atoms with E-state index in [9.17, 15) is 0 Å². The van der Waals surface area contributed by atoms with E-state index >= 15 is 0 Å². The van der Waals surface area contributed by atoms with Gasteiger partial charge in [-0.25, -0.2) is 4.98 Å². The van der Waals surface area contributed by atoms with Crippen molar-refractivity contribution in [3.8, 4) is 0 Å². The monoisotopic (exact) mass is 256 g/mol. The molecule has 0 atom stereocenters. The maximum Gasteiger partial charge on any atom is 0.165 e. The molecule has 1 saturated carbocycles. The number of imidazole rings is 1. The number of H-pyrrole nitrogens is 1. The average molecular weight is 256 g/mol. The van der Waals surface area contributed by atoms with Gasteiger partial charge >= 0.3 is 0 Å². The van der Waals surface area contributed by atoms with Crippen LogP contribution in [0.5, 0.6) is 0 Å². The van der Waals surface area contributed by atoms with Gasteiger partial charge in [0.2, 0.25) is 0 Å². The smallest absolute Gasteiger partial charge is 0.165 e. The normalized spacial score (nSPS) is 20.6. The molecule has 1 aliphatic carbocycles. The summed E-state index contributed by atoms with van der Waals surface area (Å²) in [5, 5.41) is 1.05. The van der Waals surface area contributed by atoms with Crippen LogP contribution in [0.15, 0.2) is 17.6 Å². The molecule has 0 bridgehead atoms. The Balaban J connectivity index is 1.92. The first-order valence-electron chi connectivity index (χ1n) is 6.08. The van der Waals surface area contributed by atoms with Crippen molar-refractivity contribution in [1.82, 2.24) is 9.97 Å². The third-order valence-corrected chi connectivity index (χ3v) is 5.41. The summed E-state index contributed by atoms with van der Waals surface area (Å²) < 4.78 is 0. The van der Waals surface area contributed by atoms with Gasteiger partial charge < -0.3 is 4.98 Å². The summed E-state index contributed by atoms with van der Waals surface area (Å²) >= 11 is 6.44. The van der Waals surface area contributed by atoms with Crippen LogP contribution < -0.4 is 0 Å². The van der Waals surface area contributed by atoms with Gasteiger partial charge in [-0.2, -0.15) is 12.6 Å². The fraction of sp³-hybridized carbons (Fsp3) is 0.750. The van der Waals surface area contributed by atoms with Gasteiger partial charge in [0.25, 0.3) is 0 Å². The van der Waals surface area contributed by atoms with Crippen molar-refractivity contribution in [2.45, 2.75) is 43.7 Å². The van der Waals surface area contributed by atoms with Gasteiger partial charge in [-0.3, -0.25) is 0 Å². The zero-order chi connectivity index (χ0) is 11.3. The zero-order valence-electron chi connectivity index (χ0n) is 9.61. The first-order valence-corrected chi connectivity index (χ1v) is 7.70. The average Bonchev–Trinajstić information content (AvgIpc) is 2.72. The summed E-state index contributed by atoms with van der Waals surface area (Å²) in [6.07, 6.45) is 11.9. The maximum atomic E-state index is 4.58. The van der Waals surface area contributed by atoms with Gasteiger partial charge in [0.1, 0.15) is 0 Å². The standard InChI is InChI=1S/C12H20N2S2/c15-9-12(5-3-1-2-4-6-12)10-16-11-13-7-8-14-11/h7-8,15H,1-6,9-10H2,(H,13,14). The van der Waals surface area contributed by atoms with Gasteiger partial charge in [0, 0.05) is 18.1 Å². The highest BCUT2D eigenvalue weighted by molar-refractivity contribution is 7.99. The lowest BCUT2D eigenvalue weighted by molar-refractivity contribution is 0.332. The Morgan fingerprint density at radius 1 is 1.31 bits per heavy atom. The number of thioether (sulfide) groups is 1. The molecule has 2 rings (SSSR count). The molecule has 1 aromatic rings. The highest BCUT2D eigenvalue weighted by atomic mass is 32.2. The fourth-order valence-electron chi connectivity index (χ4n) is 2.38. The second kappa shape index (κ2) is 6.01. The molecule has 1 fully saturated rings. The SMILES string of the molecule is SCC1(CSc2ncc[nH]2)CCCCCC1.